The second-order valence-corrected chi connectivity index (χ2v) is 2.50. The molecule has 0 aromatic carbocycles. The van der Waals surface area contributed by atoms with Gasteiger partial charge in [0.1, 0.15) is 0 Å². The van der Waals surface area contributed by atoms with Crippen molar-refractivity contribution in [1.29, 1.82) is 0 Å². The van der Waals surface area contributed by atoms with Gasteiger partial charge in [-0.3, -0.25) is 9.97 Å². The fourth-order valence-corrected chi connectivity index (χ4v) is 1.19. The molecule has 0 atom stereocenters. The summed E-state index contributed by atoms with van der Waals surface area (Å²) >= 11 is 0. The number of hydrogen-bond donors (Lipinski definition) is 0. The van der Waals surface area contributed by atoms with Crippen molar-refractivity contribution in [3.05, 3.63) is 43.0 Å². The predicted octanol–water partition coefficient (Wildman–Crippen LogP) is 2.27. The minimum atomic E-state index is 0.889. The Morgan fingerprint density at radius 2 is 2.08 bits per heavy atom. The smallest absolute Gasteiger partial charge is 0.0717 e. The van der Waals surface area contributed by atoms with Crippen molar-refractivity contribution >= 4 is 16.8 Å². The molecule has 0 fully saturated rings. The highest BCUT2D eigenvalue weighted by molar-refractivity contribution is 5.87. The van der Waals surface area contributed by atoms with Crippen molar-refractivity contribution in [2.75, 3.05) is 0 Å². The summed E-state index contributed by atoms with van der Waals surface area (Å²) in [6, 6.07) is 3.92. The van der Waals surface area contributed by atoms with Crippen LogP contribution in [0.1, 0.15) is 5.69 Å². The maximum absolute atomic E-state index is 4.17. The quantitative estimate of drug-likeness (QED) is 0.633. The zero-order valence-electron chi connectivity index (χ0n) is 6.57. The first kappa shape index (κ1) is 6.98. The largest absolute Gasteiger partial charge is 0.264 e. The van der Waals surface area contributed by atoms with Crippen LogP contribution in [-0.2, 0) is 0 Å². The average Bonchev–Trinajstić information content (AvgIpc) is 2.17. The topological polar surface area (TPSA) is 25.8 Å². The van der Waals surface area contributed by atoms with Crippen molar-refractivity contribution in [2.45, 2.75) is 0 Å². The Hall–Kier alpha value is -1.70. The van der Waals surface area contributed by atoms with Gasteiger partial charge in [0.15, 0.2) is 0 Å². The molecule has 0 saturated heterocycles. The summed E-state index contributed by atoms with van der Waals surface area (Å²) in [5.74, 6) is 0. The lowest BCUT2D eigenvalue weighted by Crippen LogP contribution is -1.83. The van der Waals surface area contributed by atoms with Crippen LogP contribution >= 0.6 is 0 Å². The van der Waals surface area contributed by atoms with Gasteiger partial charge in [-0.15, -0.1) is 0 Å². The fraction of sp³-hybridized carbons (Fsp3) is 0. The molecule has 0 N–H and O–H groups in total. The normalized spacial score (nSPS) is 10.0. The lowest BCUT2D eigenvalue weighted by atomic mass is 10.2. The van der Waals surface area contributed by atoms with Gasteiger partial charge in [0.05, 0.1) is 5.69 Å². The summed E-state index contributed by atoms with van der Waals surface area (Å²) in [4.78, 5) is 8.20. The molecule has 2 rings (SSSR count). The molecule has 0 saturated carbocycles. The van der Waals surface area contributed by atoms with Crippen LogP contribution in [0.3, 0.4) is 0 Å². The molecule has 2 heterocycles. The molecule has 0 spiro atoms. The van der Waals surface area contributed by atoms with E-state index in [4.69, 9.17) is 0 Å². The van der Waals surface area contributed by atoms with Gasteiger partial charge in [0.2, 0.25) is 0 Å². The molecule has 0 aliphatic heterocycles. The molecule has 0 radical (unpaired) electrons. The van der Waals surface area contributed by atoms with E-state index in [1.54, 1.807) is 24.7 Å². The summed E-state index contributed by atoms with van der Waals surface area (Å²) in [5, 5.41) is 2.20. The summed E-state index contributed by atoms with van der Waals surface area (Å²) in [5.41, 5.74) is 0.889. The van der Waals surface area contributed by atoms with Crippen molar-refractivity contribution in [3.63, 3.8) is 0 Å². The lowest BCUT2D eigenvalue weighted by Gasteiger charge is -1.98. The molecule has 2 nitrogen and oxygen atoms in total. The third-order valence-corrected chi connectivity index (χ3v) is 1.79. The molecule has 2 aromatic rings. The Balaban J connectivity index is 2.88. The molecule has 0 bridgehead atoms. The minimum absolute atomic E-state index is 0.889. The Morgan fingerprint density at radius 1 is 1.25 bits per heavy atom. The molecule has 2 heteroatoms. The zero-order chi connectivity index (χ0) is 8.39. The summed E-state index contributed by atoms with van der Waals surface area (Å²) < 4.78 is 0. The van der Waals surface area contributed by atoms with Crippen LogP contribution in [0.5, 0.6) is 0 Å². The number of aromatic nitrogens is 2. The van der Waals surface area contributed by atoms with E-state index >= 15 is 0 Å². The molecule has 2 aromatic heterocycles. The highest BCUT2D eigenvalue weighted by atomic mass is 14.7. The molecular weight excluding hydrogens is 148 g/mol. The molecule has 58 valence electrons. The Kier molecular flexibility index (Phi) is 1.59. The summed E-state index contributed by atoms with van der Waals surface area (Å²) in [7, 11) is 0. The molecule has 0 amide bonds. The Morgan fingerprint density at radius 3 is 2.92 bits per heavy atom. The van der Waals surface area contributed by atoms with Crippen LogP contribution in [0, 0.1) is 0 Å². The van der Waals surface area contributed by atoms with Crippen LogP contribution in [0.25, 0.3) is 16.8 Å². The van der Waals surface area contributed by atoms with E-state index in [1.807, 2.05) is 12.1 Å². The van der Waals surface area contributed by atoms with E-state index in [9.17, 15) is 0 Å². The van der Waals surface area contributed by atoms with Crippen molar-refractivity contribution in [3.8, 4) is 0 Å². The van der Waals surface area contributed by atoms with Gasteiger partial charge >= 0.3 is 0 Å². The monoisotopic (exact) mass is 156 g/mol. The second-order valence-electron chi connectivity index (χ2n) is 2.50. The Bertz CT molecular complexity index is 416. The van der Waals surface area contributed by atoms with E-state index < -0.39 is 0 Å². The lowest BCUT2D eigenvalue weighted by molar-refractivity contribution is 1.30. The third-order valence-electron chi connectivity index (χ3n) is 1.79. The first-order valence-electron chi connectivity index (χ1n) is 3.73. The molecule has 0 aliphatic rings. The second kappa shape index (κ2) is 2.74. The van der Waals surface area contributed by atoms with E-state index in [-0.39, 0.29) is 0 Å². The standard InChI is InChI=1S/C10H8N2/c1-2-10-9-7-11-5-3-8(9)4-6-12-10/h2-7H,1H2. The number of rotatable bonds is 1. The van der Waals surface area contributed by atoms with Crippen molar-refractivity contribution in [2.24, 2.45) is 0 Å². The van der Waals surface area contributed by atoms with Gasteiger partial charge in [-0.2, -0.15) is 0 Å². The van der Waals surface area contributed by atoms with Gasteiger partial charge < -0.3 is 0 Å². The Labute approximate surface area is 70.6 Å². The summed E-state index contributed by atoms with van der Waals surface area (Å²) in [6.45, 7) is 3.69. The minimum Gasteiger partial charge on any atom is -0.264 e. The van der Waals surface area contributed by atoms with Crippen LogP contribution < -0.4 is 0 Å². The van der Waals surface area contributed by atoms with Gasteiger partial charge in [0, 0.05) is 24.0 Å². The maximum atomic E-state index is 4.17. The van der Waals surface area contributed by atoms with Crippen molar-refractivity contribution in [1.82, 2.24) is 9.97 Å². The van der Waals surface area contributed by atoms with E-state index in [0.717, 1.165) is 16.5 Å². The summed E-state index contributed by atoms with van der Waals surface area (Å²) in [6.07, 6.45) is 7.10. The van der Waals surface area contributed by atoms with Crippen molar-refractivity contribution < 1.29 is 0 Å². The predicted molar refractivity (Wildman–Crippen MR) is 49.6 cm³/mol. The van der Waals surface area contributed by atoms with Crippen LogP contribution in [0.15, 0.2) is 37.3 Å². The van der Waals surface area contributed by atoms with Gasteiger partial charge in [-0.1, -0.05) is 6.58 Å². The zero-order valence-corrected chi connectivity index (χ0v) is 6.57. The van der Waals surface area contributed by atoms with Gasteiger partial charge in [0.25, 0.3) is 0 Å². The number of nitrogens with zero attached hydrogens (tertiary/aromatic N) is 2. The van der Waals surface area contributed by atoms with Crippen LogP contribution in [0.4, 0.5) is 0 Å². The first-order chi connectivity index (χ1) is 5.92. The fourth-order valence-electron chi connectivity index (χ4n) is 1.19. The molecule has 12 heavy (non-hydrogen) atoms. The van der Waals surface area contributed by atoms with Crippen LogP contribution in [0.2, 0.25) is 0 Å². The van der Waals surface area contributed by atoms with E-state index in [0.29, 0.717) is 0 Å². The molecule has 0 unspecified atom stereocenters. The molecule has 0 aliphatic carbocycles. The third kappa shape index (κ3) is 0.975. The average molecular weight is 156 g/mol. The highest BCUT2D eigenvalue weighted by Crippen LogP contribution is 2.14. The number of hydrogen-bond acceptors (Lipinski definition) is 2. The maximum Gasteiger partial charge on any atom is 0.0717 e. The highest BCUT2D eigenvalue weighted by Gasteiger charge is 1.96. The van der Waals surface area contributed by atoms with Gasteiger partial charge in [-0.25, -0.2) is 0 Å². The van der Waals surface area contributed by atoms with E-state index in [1.165, 1.54) is 0 Å². The first-order valence-corrected chi connectivity index (χ1v) is 3.73. The SMILES string of the molecule is C=Cc1nccc2ccncc12. The number of fused-ring (bicyclic) bond motifs is 1. The van der Waals surface area contributed by atoms with Gasteiger partial charge in [-0.05, 0) is 23.6 Å². The van der Waals surface area contributed by atoms with E-state index in [2.05, 4.69) is 16.5 Å². The molecular formula is C10H8N2. The number of pyridine rings is 2. The van der Waals surface area contributed by atoms with Crippen LogP contribution in [-0.4, -0.2) is 9.97 Å².